The van der Waals surface area contributed by atoms with Crippen LogP contribution in [0.5, 0.6) is 0 Å². The molecule has 4 heteroatoms. The number of carbonyl (C=O) groups is 1. The number of hydrogen-bond donors (Lipinski definition) is 0. The van der Waals surface area contributed by atoms with Gasteiger partial charge in [-0.3, -0.25) is 4.79 Å². The smallest absolute Gasteiger partial charge is 0.258 e. The van der Waals surface area contributed by atoms with E-state index in [4.69, 9.17) is 0 Å². The third-order valence-corrected chi connectivity index (χ3v) is 3.33. The molecule has 0 unspecified atom stereocenters. The molecule has 0 aliphatic heterocycles. The van der Waals surface area contributed by atoms with Crippen LogP contribution in [0.3, 0.4) is 0 Å². The molecular weight excluding hydrogens is 267 g/mol. The van der Waals surface area contributed by atoms with Crippen LogP contribution in [-0.4, -0.2) is 16.9 Å². The molecule has 0 N–H and O–H groups in total. The summed E-state index contributed by atoms with van der Waals surface area (Å²) in [4.78, 5) is 17.9. The number of pyridine rings is 1. The highest BCUT2D eigenvalue weighted by Gasteiger charge is 2.22. The quantitative estimate of drug-likeness (QED) is 0.802. The Morgan fingerprint density at radius 3 is 2.52 bits per heavy atom. The van der Waals surface area contributed by atoms with Gasteiger partial charge in [0.15, 0.2) is 0 Å². The van der Waals surface area contributed by atoms with Gasteiger partial charge in [0.1, 0.15) is 0 Å². The fourth-order valence-corrected chi connectivity index (χ4v) is 2.28. The van der Waals surface area contributed by atoms with E-state index >= 15 is 0 Å². The minimum atomic E-state index is -0.648. The van der Waals surface area contributed by atoms with E-state index in [-0.39, 0.29) is 11.9 Å². The van der Waals surface area contributed by atoms with Crippen LogP contribution in [0, 0.1) is 19.8 Å². The van der Waals surface area contributed by atoms with Gasteiger partial charge < -0.3 is 4.90 Å². The molecule has 1 aromatic heterocycles. The number of halogens is 1. The third-order valence-electron chi connectivity index (χ3n) is 3.33. The van der Waals surface area contributed by atoms with E-state index in [0.717, 1.165) is 16.8 Å². The Balaban J connectivity index is 2.49. The molecule has 0 bridgehead atoms. The summed E-state index contributed by atoms with van der Waals surface area (Å²) in [7, 11) is 0. The highest BCUT2D eigenvalue weighted by atomic mass is 19.1. The van der Waals surface area contributed by atoms with Crippen molar-refractivity contribution in [2.24, 2.45) is 0 Å². The first kappa shape index (κ1) is 15.2. The Morgan fingerprint density at radius 1 is 1.19 bits per heavy atom. The Labute approximate surface area is 124 Å². The normalized spacial score (nSPS) is 10.8. The van der Waals surface area contributed by atoms with Crippen LogP contribution in [0.15, 0.2) is 36.5 Å². The number of hydrogen-bond acceptors (Lipinski definition) is 2. The van der Waals surface area contributed by atoms with E-state index in [9.17, 15) is 9.18 Å². The maximum Gasteiger partial charge on any atom is 0.258 e. The van der Waals surface area contributed by atoms with Crippen molar-refractivity contribution in [2.45, 2.75) is 33.7 Å². The van der Waals surface area contributed by atoms with Crippen LogP contribution in [-0.2, 0) is 0 Å². The first-order chi connectivity index (χ1) is 9.90. The van der Waals surface area contributed by atoms with Crippen molar-refractivity contribution in [3.8, 4) is 0 Å². The molecule has 1 amide bonds. The van der Waals surface area contributed by atoms with Gasteiger partial charge in [-0.1, -0.05) is 12.1 Å². The molecule has 2 rings (SSSR count). The number of aryl methyl sites for hydroxylation is 2. The second-order valence-corrected chi connectivity index (χ2v) is 5.43. The molecule has 21 heavy (non-hydrogen) atoms. The predicted molar refractivity (Wildman–Crippen MR) is 82.1 cm³/mol. The Bertz CT molecular complexity index is 668. The van der Waals surface area contributed by atoms with Crippen molar-refractivity contribution in [3.05, 3.63) is 59.2 Å². The fourth-order valence-electron chi connectivity index (χ4n) is 2.28. The lowest BCUT2D eigenvalue weighted by Gasteiger charge is -2.29. The third kappa shape index (κ3) is 3.27. The second-order valence-electron chi connectivity index (χ2n) is 5.43. The van der Waals surface area contributed by atoms with E-state index in [1.807, 2.05) is 45.9 Å². The van der Waals surface area contributed by atoms with Crippen LogP contribution >= 0.6 is 0 Å². The van der Waals surface area contributed by atoms with Gasteiger partial charge in [0, 0.05) is 29.6 Å². The van der Waals surface area contributed by atoms with Crippen molar-refractivity contribution in [3.63, 3.8) is 0 Å². The Kier molecular flexibility index (Phi) is 4.36. The fraction of sp³-hybridized carbons (Fsp3) is 0.294. The molecule has 2 aromatic rings. The number of rotatable bonds is 3. The van der Waals surface area contributed by atoms with Gasteiger partial charge >= 0.3 is 0 Å². The van der Waals surface area contributed by atoms with Crippen LogP contribution in [0.1, 0.15) is 35.3 Å². The van der Waals surface area contributed by atoms with Crippen LogP contribution < -0.4 is 4.90 Å². The van der Waals surface area contributed by atoms with Gasteiger partial charge in [-0.05, 0) is 51.0 Å². The molecule has 0 saturated carbocycles. The first-order valence-corrected chi connectivity index (χ1v) is 6.92. The van der Waals surface area contributed by atoms with Crippen molar-refractivity contribution >= 4 is 11.6 Å². The minimum absolute atomic E-state index is 0.0331. The molecule has 3 nitrogen and oxygen atoms in total. The summed E-state index contributed by atoms with van der Waals surface area (Å²) in [6.07, 6.45) is 1.31. The SMILES string of the molecule is Cc1ccc(C)c(N(C(=O)c2ccnc(F)c2)C(C)C)c1. The molecule has 0 aliphatic carbocycles. The van der Waals surface area contributed by atoms with Crippen molar-refractivity contribution in [1.82, 2.24) is 4.98 Å². The van der Waals surface area contributed by atoms with Gasteiger partial charge in [0.2, 0.25) is 5.95 Å². The lowest BCUT2D eigenvalue weighted by molar-refractivity contribution is 0.0979. The van der Waals surface area contributed by atoms with E-state index in [1.165, 1.54) is 18.3 Å². The van der Waals surface area contributed by atoms with Crippen LogP contribution in [0.4, 0.5) is 10.1 Å². The second kappa shape index (κ2) is 6.04. The molecule has 1 heterocycles. The monoisotopic (exact) mass is 286 g/mol. The van der Waals surface area contributed by atoms with Crippen LogP contribution in [0.25, 0.3) is 0 Å². The Hall–Kier alpha value is -2.23. The maximum atomic E-state index is 13.3. The number of anilines is 1. The van der Waals surface area contributed by atoms with Crippen molar-refractivity contribution in [2.75, 3.05) is 4.90 Å². The van der Waals surface area contributed by atoms with Crippen LogP contribution in [0.2, 0.25) is 0 Å². The average Bonchev–Trinajstić information content (AvgIpc) is 2.42. The molecule has 0 aliphatic rings. The summed E-state index contributed by atoms with van der Waals surface area (Å²) in [5.74, 6) is -0.870. The van der Waals surface area contributed by atoms with Crippen molar-refractivity contribution in [1.29, 1.82) is 0 Å². The number of carbonyl (C=O) groups excluding carboxylic acids is 1. The number of benzene rings is 1. The highest BCUT2D eigenvalue weighted by molar-refractivity contribution is 6.06. The number of amides is 1. The van der Waals surface area contributed by atoms with Gasteiger partial charge in [-0.25, -0.2) is 4.98 Å². The highest BCUT2D eigenvalue weighted by Crippen LogP contribution is 2.25. The van der Waals surface area contributed by atoms with Gasteiger partial charge in [0.25, 0.3) is 5.91 Å². The first-order valence-electron chi connectivity index (χ1n) is 6.92. The predicted octanol–water partition coefficient (Wildman–Crippen LogP) is 3.89. The molecule has 0 fully saturated rings. The zero-order valence-electron chi connectivity index (χ0n) is 12.7. The molecule has 0 atom stereocenters. The van der Waals surface area contributed by atoms with E-state index in [1.54, 1.807) is 4.90 Å². The molecular formula is C17H19FN2O. The molecule has 0 saturated heterocycles. The Morgan fingerprint density at radius 2 is 1.90 bits per heavy atom. The van der Waals surface area contributed by atoms with E-state index < -0.39 is 5.95 Å². The molecule has 1 aromatic carbocycles. The summed E-state index contributed by atoms with van der Waals surface area (Å²) in [6, 6.07) is 8.64. The largest absolute Gasteiger partial charge is 0.306 e. The van der Waals surface area contributed by atoms with Gasteiger partial charge in [0.05, 0.1) is 0 Å². The zero-order chi connectivity index (χ0) is 15.6. The summed E-state index contributed by atoms with van der Waals surface area (Å²) < 4.78 is 13.3. The zero-order valence-corrected chi connectivity index (χ0v) is 12.7. The van der Waals surface area contributed by atoms with Crippen molar-refractivity contribution < 1.29 is 9.18 Å². The topological polar surface area (TPSA) is 33.2 Å². The lowest BCUT2D eigenvalue weighted by atomic mass is 10.1. The van der Waals surface area contributed by atoms with E-state index in [2.05, 4.69) is 4.98 Å². The lowest BCUT2D eigenvalue weighted by Crippen LogP contribution is -2.37. The molecule has 0 radical (unpaired) electrons. The van der Waals surface area contributed by atoms with Gasteiger partial charge in [-0.2, -0.15) is 4.39 Å². The average molecular weight is 286 g/mol. The maximum absolute atomic E-state index is 13.3. The standard InChI is InChI=1S/C17H19FN2O/c1-11(2)20(15-9-12(3)5-6-13(15)4)17(21)14-7-8-19-16(18)10-14/h5-11H,1-4H3. The summed E-state index contributed by atoms with van der Waals surface area (Å²) >= 11 is 0. The summed E-state index contributed by atoms with van der Waals surface area (Å²) in [6.45, 7) is 7.83. The molecule has 110 valence electrons. The summed E-state index contributed by atoms with van der Waals surface area (Å²) in [5.41, 5.74) is 3.25. The van der Waals surface area contributed by atoms with E-state index in [0.29, 0.717) is 5.56 Å². The summed E-state index contributed by atoms with van der Waals surface area (Å²) in [5, 5.41) is 0. The number of aromatic nitrogens is 1. The minimum Gasteiger partial charge on any atom is -0.306 e. The van der Waals surface area contributed by atoms with Gasteiger partial charge in [-0.15, -0.1) is 0 Å². The number of nitrogens with zero attached hydrogens (tertiary/aromatic N) is 2. The molecule has 0 spiro atoms.